The summed E-state index contributed by atoms with van der Waals surface area (Å²) in [6.45, 7) is 3.61. The molecular formula is C22H27N3O4S. The van der Waals surface area contributed by atoms with Crippen LogP contribution in [0, 0.1) is 0 Å². The second-order valence-electron chi connectivity index (χ2n) is 6.46. The molecule has 2 rings (SSSR count). The van der Waals surface area contributed by atoms with Crippen molar-refractivity contribution in [2.75, 3.05) is 32.2 Å². The molecule has 8 heteroatoms. The summed E-state index contributed by atoms with van der Waals surface area (Å²) < 4.78 is 10.5. The number of nitrogens with one attached hydrogen (secondary N) is 3. The Hall–Kier alpha value is -2.97. The van der Waals surface area contributed by atoms with Gasteiger partial charge in [-0.2, -0.15) is 0 Å². The number of benzene rings is 2. The summed E-state index contributed by atoms with van der Waals surface area (Å²) in [5.41, 5.74) is 1.54. The molecule has 0 unspecified atom stereocenters. The SMILES string of the molecule is CCCCOc1ccc(C(=O)NC(=S)Nc2cccc(C(=O)NCCOC)c2)cc1. The number of amides is 2. The fourth-order valence-electron chi connectivity index (χ4n) is 2.48. The van der Waals surface area contributed by atoms with Crippen molar-refractivity contribution in [3.05, 3.63) is 59.7 Å². The molecule has 0 spiro atoms. The van der Waals surface area contributed by atoms with Gasteiger partial charge in [-0.1, -0.05) is 19.4 Å². The van der Waals surface area contributed by atoms with Crippen LogP contribution in [0.2, 0.25) is 0 Å². The Kier molecular flexibility index (Phi) is 9.76. The standard InChI is InChI=1S/C22H27N3O4S/c1-3-4-13-29-19-10-8-16(9-11-19)21(27)25-22(30)24-18-7-5-6-17(15-18)20(26)23-12-14-28-2/h5-11,15H,3-4,12-14H2,1-2H3,(H,23,26)(H2,24,25,27,30). The highest BCUT2D eigenvalue weighted by molar-refractivity contribution is 7.80. The highest BCUT2D eigenvalue weighted by Crippen LogP contribution is 2.13. The van der Waals surface area contributed by atoms with Gasteiger partial charge in [-0.05, 0) is 61.1 Å². The van der Waals surface area contributed by atoms with Crippen LogP contribution in [0.25, 0.3) is 0 Å². The fraction of sp³-hybridized carbons (Fsp3) is 0.318. The molecule has 2 aromatic carbocycles. The molecular weight excluding hydrogens is 402 g/mol. The van der Waals surface area contributed by atoms with Gasteiger partial charge in [0.2, 0.25) is 0 Å². The van der Waals surface area contributed by atoms with Crippen molar-refractivity contribution in [1.29, 1.82) is 0 Å². The molecule has 2 amide bonds. The first kappa shape index (κ1) is 23.3. The zero-order valence-electron chi connectivity index (χ0n) is 17.2. The van der Waals surface area contributed by atoms with E-state index in [1.165, 1.54) is 0 Å². The van der Waals surface area contributed by atoms with Crippen LogP contribution in [0.5, 0.6) is 5.75 Å². The van der Waals surface area contributed by atoms with E-state index >= 15 is 0 Å². The predicted molar refractivity (Wildman–Crippen MR) is 121 cm³/mol. The number of anilines is 1. The predicted octanol–water partition coefficient (Wildman–Crippen LogP) is 3.37. The van der Waals surface area contributed by atoms with Crippen LogP contribution in [0.4, 0.5) is 5.69 Å². The molecule has 0 atom stereocenters. The Balaban J connectivity index is 1.88. The Bertz CT molecular complexity index is 856. The van der Waals surface area contributed by atoms with Gasteiger partial charge in [0.25, 0.3) is 11.8 Å². The fourth-order valence-corrected chi connectivity index (χ4v) is 2.69. The van der Waals surface area contributed by atoms with E-state index in [1.807, 2.05) is 0 Å². The molecule has 0 saturated heterocycles. The van der Waals surface area contributed by atoms with E-state index in [-0.39, 0.29) is 16.9 Å². The van der Waals surface area contributed by atoms with Crippen molar-refractivity contribution in [2.24, 2.45) is 0 Å². The summed E-state index contributed by atoms with van der Waals surface area (Å²) in [6, 6.07) is 13.7. The Morgan fingerprint density at radius 3 is 2.47 bits per heavy atom. The van der Waals surface area contributed by atoms with Crippen molar-refractivity contribution >= 4 is 34.8 Å². The van der Waals surface area contributed by atoms with Gasteiger partial charge in [0.05, 0.1) is 13.2 Å². The topological polar surface area (TPSA) is 88.7 Å². The average molecular weight is 430 g/mol. The van der Waals surface area contributed by atoms with E-state index in [0.717, 1.165) is 18.6 Å². The van der Waals surface area contributed by atoms with Crippen molar-refractivity contribution < 1.29 is 19.1 Å². The molecule has 7 nitrogen and oxygen atoms in total. The minimum atomic E-state index is -0.332. The van der Waals surface area contributed by atoms with Crippen molar-refractivity contribution in [3.8, 4) is 5.75 Å². The molecule has 0 aliphatic carbocycles. The molecule has 160 valence electrons. The minimum absolute atomic E-state index is 0.139. The van der Waals surface area contributed by atoms with Gasteiger partial charge in [-0.25, -0.2) is 0 Å². The summed E-state index contributed by atoms with van der Waals surface area (Å²) in [5.74, 6) is 0.175. The third-order valence-corrected chi connectivity index (χ3v) is 4.29. The first-order valence-corrected chi connectivity index (χ1v) is 10.2. The van der Waals surface area contributed by atoms with Crippen LogP contribution in [0.15, 0.2) is 48.5 Å². The molecule has 0 aliphatic rings. The maximum absolute atomic E-state index is 12.4. The molecule has 2 aromatic rings. The first-order valence-electron chi connectivity index (χ1n) is 9.76. The number of rotatable bonds is 10. The van der Waals surface area contributed by atoms with E-state index in [9.17, 15) is 9.59 Å². The molecule has 0 heterocycles. The van der Waals surface area contributed by atoms with Crippen LogP contribution >= 0.6 is 12.2 Å². The monoisotopic (exact) mass is 429 g/mol. The molecule has 0 bridgehead atoms. The number of hydrogen-bond donors (Lipinski definition) is 3. The van der Waals surface area contributed by atoms with E-state index in [4.69, 9.17) is 21.7 Å². The zero-order chi connectivity index (χ0) is 21.8. The summed E-state index contributed by atoms with van der Waals surface area (Å²) in [6.07, 6.45) is 2.05. The third-order valence-electron chi connectivity index (χ3n) is 4.08. The molecule has 0 radical (unpaired) electrons. The molecule has 3 N–H and O–H groups in total. The number of methoxy groups -OCH3 is 1. The van der Waals surface area contributed by atoms with Crippen molar-refractivity contribution in [3.63, 3.8) is 0 Å². The number of unbranched alkanes of at least 4 members (excludes halogenated alkanes) is 1. The Labute approximate surface area is 182 Å². The normalized spacial score (nSPS) is 10.2. The van der Waals surface area contributed by atoms with Gasteiger partial charge in [-0.3, -0.25) is 14.9 Å². The van der Waals surface area contributed by atoms with Gasteiger partial charge in [-0.15, -0.1) is 0 Å². The Morgan fingerprint density at radius 1 is 1.00 bits per heavy atom. The summed E-state index contributed by atoms with van der Waals surface area (Å²) in [4.78, 5) is 24.5. The highest BCUT2D eigenvalue weighted by Gasteiger charge is 2.10. The van der Waals surface area contributed by atoms with E-state index in [0.29, 0.717) is 36.6 Å². The molecule has 0 aliphatic heterocycles. The van der Waals surface area contributed by atoms with Crippen LogP contribution in [-0.2, 0) is 4.74 Å². The van der Waals surface area contributed by atoms with Crippen LogP contribution < -0.4 is 20.7 Å². The van der Waals surface area contributed by atoms with Crippen LogP contribution in [0.1, 0.15) is 40.5 Å². The molecule has 0 saturated carbocycles. The lowest BCUT2D eigenvalue weighted by Crippen LogP contribution is -2.34. The third kappa shape index (κ3) is 7.81. The van der Waals surface area contributed by atoms with Gasteiger partial charge in [0.15, 0.2) is 5.11 Å². The number of carbonyl (C=O) groups is 2. The lowest BCUT2D eigenvalue weighted by Gasteiger charge is -2.11. The largest absolute Gasteiger partial charge is 0.494 e. The van der Waals surface area contributed by atoms with Crippen molar-refractivity contribution in [1.82, 2.24) is 10.6 Å². The quantitative estimate of drug-likeness (QED) is 0.396. The molecule has 30 heavy (non-hydrogen) atoms. The maximum atomic E-state index is 12.4. The van der Waals surface area contributed by atoms with Gasteiger partial charge in [0.1, 0.15) is 5.75 Å². The summed E-state index contributed by atoms with van der Waals surface area (Å²) in [7, 11) is 1.57. The second kappa shape index (κ2) is 12.6. The zero-order valence-corrected chi connectivity index (χ0v) is 18.0. The number of hydrogen-bond acceptors (Lipinski definition) is 5. The van der Waals surface area contributed by atoms with Crippen molar-refractivity contribution in [2.45, 2.75) is 19.8 Å². The highest BCUT2D eigenvalue weighted by atomic mass is 32.1. The molecule has 0 aromatic heterocycles. The average Bonchev–Trinajstić information content (AvgIpc) is 2.74. The van der Waals surface area contributed by atoms with E-state index in [1.54, 1.807) is 55.6 Å². The lowest BCUT2D eigenvalue weighted by molar-refractivity contribution is 0.0935. The maximum Gasteiger partial charge on any atom is 0.257 e. The number of ether oxygens (including phenoxy) is 2. The van der Waals surface area contributed by atoms with E-state index < -0.39 is 0 Å². The first-order chi connectivity index (χ1) is 14.5. The number of thiocarbonyl (C=S) groups is 1. The van der Waals surface area contributed by atoms with Gasteiger partial charge in [0, 0.05) is 30.5 Å². The summed E-state index contributed by atoms with van der Waals surface area (Å²) >= 11 is 5.22. The van der Waals surface area contributed by atoms with Gasteiger partial charge < -0.3 is 20.1 Å². The minimum Gasteiger partial charge on any atom is -0.494 e. The lowest BCUT2D eigenvalue weighted by atomic mass is 10.2. The molecule has 0 fully saturated rings. The second-order valence-corrected chi connectivity index (χ2v) is 6.87. The number of carbonyl (C=O) groups excluding carboxylic acids is 2. The van der Waals surface area contributed by atoms with Crippen LogP contribution in [0.3, 0.4) is 0 Å². The summed E-state index contributed by atoms with van der Waals surface area (Å²) in [5, 5.41) is 8.44. The smallest absolute Gasteiger partial charge is 0.257 e. The van der Waals surface area contributed by atoms with Gasteiger partial charge >= 0.3 is 0 Å². The Morgan fingerprint density at radius 2 is 1.77 bits per heavy atom. The van der Waals surface area contributed by atoms with Crippen LogP contribution in [-0.4, -0.2) is 43.8 Å². The van der Waals surface area contributed by atoms with E-state index in [2.05, 4.69) is 22.9 Å².